The minimum absolute atomic E-state index is 0.116. The van der Waals surface area contributed by atoms with Crippen molar-refractivity contribution in [1.82, 2.24) is 25.3 Å². The van der Waals surface area contributed by atoms with E-state index in [1.807, 2.05) is 85.0 Å². The molecule has 0 unspecified atom stereocenters. The van der Waals surface area contributed by atoms with Crippen LogP contribution in [0, 0.1) is 0 Å². The smallest absolute Gasteiger partial charge is 0.414 e. The number of rotatable bonds is 11. The van der Waals surface area contributed by atoms with Gasteiger partial charge in [0, 0.05) is 72.0 Å². The number of hydrogen-bond donors (Lipinski definition) is 3. The van der Waals surface area contributed by atoms with Crippen molar-refractivity contribution < 1.29 is 52.4 Å². The van der Waals surface area contributed by atoms with Gasteiger partial charge in [-0.05, 0) is 83.0 Å². The molecule has 3 aromatic heterocycles. The molecule has 3 aliphatic heterocycles. The monoisotopic (exact) mass is 1000 g/mol. The summed E-state index contributed by atoms with van der Waals surface area (Å²) in [4.78, 5) is 80.8. The first-order valence-corrected chi connectivity index (χ1v) is 24.1. The minimum Gasteiger partial charge on any atom is -0.463 e. The van der Waals surface area contributed by atoms with Crippen LogP contribution in [0.3, 0.4) is 0 Å². The number of hydrogen-bond acceptors (Lipinski definition) is 13. The number of carbonyl (C=O) groups is 5. The SMILES string of the molecule is CC(=O)OC[C@H]1O[C@@H](NC(=O)Oc2ccc(-c3c4nc(c(-c5ccccc5)c5ccc([nH]5)c(-c5ccccc5)c5nc(c(-c6ccccc6)c6ccc3[nH]6)C=C5)C=C4)cc2)[C@H](OC(C)=O)[C@@H](OC(C)=O)[C@@H]1OC(C)=O. The molecule has 0 saturated carbocycles. The van der Waals surface area contributed by atoms with E-state index >= 15 is 0 Å². The number of nitrogens with one attached hydrogen (secondary N) is 3. The summed E-state index contributed by atoms with van der Waals surface area (Å²) in [6.07, 6.45) is -0.220. The van der Waals surface area contributed by atoms with Gasteiger partial charge in [-0.3, -0.25) is 24.5 Å². The van der Waals surface area contributed by atoms with Crippen molar-refractivity contribution in [2.24, 2.45) is 0 Å². The minimum atomic E-state index is -1.54. The average Bonchev–Trinajstić information content (AvgIpc) is 4.25. The highest BCUT2D eigenvalue weighted by Crippen LogP contribution is 2.39. The van der Waals surface area contributed by atoms with Crippen molar-refractivity contribution in [3.8, 4) is 50.3 Å². The molecule has 6 heterocycles. The maximum absolute atomic E-state index is 13.7. The molecule has 16 heteroatoms. The van der Waals surface area contributed by atoms with E-state index in [-0.39, 0.29) is 5.75 Å². The number of aromatic nitrogens is 4. The van der Waals surface area contributed by atoms with Crippen molar-refractivity contribution in [3.05, 3.63) is 162 Å². The maximum Gasteiger partial charge on any atom is 0.414 e. The summed E-state index contributed by atoms with van der Waals surface area (Å²) >= 11 is 0. The number of aromatic amines is 2. The van der Waals surface area contributed by atoms with E-state index in [4.69, 9.17) is 38.4 Å². The van der Waals surface area contributed by atoms with E-state index in [9.17, 15) is 24.0 Å². The molecule has 16 nitrogen and oxygen atoms in total. The third-order valence-electron chi connectivity index (χ3n) is 12.5. The van der Waals surface area contributed by atoms with E-state index in [0.717, 1.165) is 111 Å². The summed E-state index contributed by atoms with van der Waals surface area (Å²) in [5, 5.41) is 2.53. The normalized spacial score (nSPS) is 17.6. The van der Waals surface area contributed by atoms with Crippen LogP contribution in [-0.4, -0.2) is 87.2 Å². The molecule has 3 N–H and O–H groups in total. The highest BCUT2D eigenvalue weighted by atomic mass is 16.7. The van der Waals surface area contributed by atoms with Crippen LogP contribution in [0.25, 0.3) is 90.9 Å². The van der Waals surface area contributed by atoms with E-state index in [1.54, 1.807) is 24.3 Å². The summed E-state index contributed by atoms with van der Waals surface area (Å²) in [6.45, 7) is 4.01. The first-order valence-electron chi connectivity index (χ1n) is 24.1. The van der Waals surface area contributed by atoms with Gasteiger partial charge in [-0.1, -0.05) is 103 Å². The summed E-state index contributed by atoms with van der Waals surface area (Å²) in [7, 11) is 0. The molecule has 4 aromatic carbocycles. The number of esters is 4. The highest BCUT2D eigenvalue weighted by molar-refractivity contribution is 6.00. The molecule has 75 heavy (non-hydrogen) atoms. The van der Waals surface area contributed by atoms with Crippen molar-refractivity contribution in [1.29, 1.82) is 0 Å². The van der Waals surface area contributed by atoms with Gasteiger partial charge in [-0.2, -0.15) is 0 Å². The van der Waals surface area contributed by atoms with E-state index < -0.39 is 67.2 Å². The fourth-order valence-electron chi connectivity index (χ4n) is 9.52. The lowest BCUT2D eigenvalue weighted by atomic mass is 9.97. The van der Waals surface area contributed by atoms with Crippen LogP contribution in [0.4, 0.5) is 4.79 Å². The Kier molecular flexibility index (Phi) is 14.0. The molecule has 5 atom stereocenters. The number of benzene rings is 4. The molecule has 1 amide bonds. The van der Waals surface area contributed by atoms with Crippen molar-refractivity contribution in [2.75, 3.05) is 6.61 Å². The van der Waals surface area contributed by atoms with Gasteiger partial charge in [-0.25, -0.2) is 14.8 Å². The van der Waals surface area contributed by atoms with Crippen LogP contribution in [0.1, 0.15) is 50.5 Å². The van der Waals surface area contributed by atoms with Crippen molar-refractivity contribution >= 4 is 76.3 Å². The Labute approximate surface area is 430 Å². The Morgan fingerprint density at radius 1 is 0.467 bits per heavy atom. The first kappa shape index (κ1) is 49.2. The number of fused-ring (bicyclic) bond motifs is 8. The lowest BCUT2D eigenvalue weighted by Crippen LogP contribution is -2.66. The molecule has 0 aliphatic carbocycles. The zero-order valence-electron chi connectivity index (χ0n) is 41.1. The standard InChI is InChI=1S/C59H49N5O11/c1-33(65)70-32-50-55(71-34(2)66)56(72-35(3)67)57(73-36(4)68)58(75-50)64-59(69)74-41-22-20-40(21-23-41)54-48-30-28-46(62-48)52(38-16-10-6-11-17-38)44-26-24-42(60-44)51(37-14-8-5-9-15-37)43-25-27-45(61-43)53(39-18-12-7-13-19-39)47-29-31-49(54)63-47/h5-31,50,55-58,60,63H,32H2,1-4H3,(H,64,69)/t50-,55-,56+,57-,58-/m1/s1. The van der Waals surface area contributed by atoms with E-state index in [2.05, 4.69) is 69.9 Å². The molecule has 376 valence electrons. The van der Waals surface area contributed by atoms with E-state index in [1.165, 1.54) is 0 Å². The predicted octanol–water partition coefficient (Wildman–Crippen LogP) is 10.5. The molecule has 8 bridgehead atoms. The molecule has 10 rings (SSSR count). The van der Waals surface area contributed by atoms with Gasteiger partial charge in [0.15, 0.2) is 24.5 Å². The Hall–Kier alpha value is -9.41. The first-order chi connectivity index (χ1) is 36.4. The Balaban J connectivity index is 1.08. The fourth-order valence-corrected chi connectivity index (χ4v) is 9.52. The number of nitrogens with zero attached hydrogens (tertiary/aromatic N) is 2. The molecular weight excluding hydrogens is 955 g/mol. The molecule has 0 spiro atoms. The third-order valence-corrected chi connectivity index (χ3v) is 12.5. The fraction of sp³-hybridized carbons (Fsp3) is 0.169. The van der Waals surface area contributed by atoms with Crippen LogP contribution in [0.15, 0.2) is 140 Å². The van der Waals surface area contributed by atoms with Crippen molar-refractivity contribution in [2.45, 2.75) is 58.3 Å². The number of carbonyl (C=O) groups excluding carboxylic acids is 5. The molecular formula is C59H49N5O11. The van der Waals surface area contributed by atoms with Crippen LogP contribution < -0.4 is 10.1 Å². The second-order valence-corrected chi connectivity index (χ2v) is 17.8. The van der Waals surface area contributed by atoms with Gasteiger partial charge in [-0.15, -0.1) is 0 Å². The second-order valence-electron chi connectivity index (χ2n) is 17.8. The topological polar surface area (TPSA) is 210 Å². The lowest BCUT2D eigenvalue weighted by molar-refractivity contribution is -0.255. The largest absolute Gasteiger partial charge is 0.463 e. The zero-order chi connectivity index (χ0) is 52.2. The second kappa shape index (κ2) is 21.4. The zero-order valence-corrected chi connectivity index (χ0v) is 41.1. The molecule has 3 aliphatic rings. The average molecular weight is 1000 g/mol. The number of amides is 1. The van der Waals surface area contributed by atoms with Gasteiger partial charge in [0.2, 0.25) is 0 Å². The number of ether oxygens (including phenoxy) is 6. The Morgan fingerprint density at radius 2 is 0.840 bits per heavy atom. The molecule has 0 radical (unpaired) electrons. The quantitative estimate of drug-likeness (QED) is 0.0814. The van der Waals surface area contributed by atoms with Gasteiger partial charge < -0.3 is 38.4 Å². The molecule has 1 saturated heterocycles. The Morgan fingerprint density at radius 3 is 1.23 bits per heavy atom. The summed E-state index contributed by atoms with van der Waals surface area (Å²) in [5.74, 6) is -3.00. The lowest BCUT2D eigenvalue weighted by Gasteiger charge is -2.44. The number of H-pyrrole nitrogens is 2. The van der Waals surface area contributed by atoms with Crippen LogP contribution in [0.2, 0.25) is 0 Å². The maximum atomic E-state index is 13.7. The predicted molar refractivity (Wildman–Crippen MR) is 282 cm³/mol. The summed E-state index contributed by atoms with van der Waals surface area (Å²) in [6, 6.07) is 45.4. The molecule has 1 fully saturated rings. The summed E-state index contributed by atoms with van der Waals surface area (Å²) < 4.78 is 33.4. The van der Waals surface area contributed by atoms with E-state index in [0.29, 0.717) is 5.69 Å². The van der Waals surface area contributed by atoms with Gasteiger partial charge in [0.1, 0.15) is 18.5 Å². The van der Waals surface area contributed by atoms with Crippen LogP contribution >= 0.6 is 0 Å². The molecule has 7 aromatic rings. The highest BCUT2D eigenvalue weighted by Gasteiger charge is 2.53. The van der Waals surface area contributed by atoms with Crippen LogP contribution in [0.5, 0.6) is 5.75 Å². The van der Waals surface area contributed by atoms with Gasteiger partial charge in [0.25, 0.3) is 0 Å². The van der Waals surface area contributed by atoms with Crippen molar-refractivity contribution in [3.63, 3.8) is 0 Å². The van der Waals surface area contributed by atoms with Gasteiger partial charge in [0.05, 0.1) is 22.8 Å². The third kappa shape index (κ3) is 10.7. The Bertz CT molecular complexity index is 3530. The summed E-state index contributed by atoms with van der Waals surface area (Å²) in [5.41, 5.74) is 13.4. The van der Waals surface area contributed by atoms with Gasteiger partial charge >= 0.3 is 30.0 Å². The van der Waals surface area contributed by atoms with Crippen LogP contribution in [-0.2, 0) is 42.9 Å².